The monoisotopic (exact) mass is 328 g/mol. The van der Waals surface area contributed by atoms with Crippen LogP contribution in [-0.2, 0) is 0 Å². The first kappa shape index (κ1) is 14.0. The first-order chi connectivity index (χ1) is 9.61. The zero-order valence-electron chi connectivity index (χ0n) is 10.3. The summed E-state index contributed by atoms with van der Waals surface area (Å²) in [6.45, 7) is 0. The topological polar surface area (TPSA) is 66.9 Å². The van der Waals surface area contributed by atoms with E-state index in [1.54, 1.807) is 18.2 Å². The van der Waals surface area contributed by atoms with Crippen LogP contribution in [0.15, 0.2) is 53.0 Å². The molecule has 0 fully saturated rings. The minimum atomic E-state index is -0.475. The molecule has 0 saturated heterocycles. The normalized spacial score (nSPS) is 10.9. The van der Waals surface area contributed by atoms with Crippen molar-refractivity contribution in [3.05, 3.63) is 74.2 Å². The van der Waals surface area contributed by atoms with Gasteiger partial charge in [-0.15, -0.1) is 0 Å². The number of non-ortho nitro benzene ring substituents is 1. The van der Waals surface area contributed by atoms with Crippen molar-refractivity contribution >= 4 is 33.3 Å². The molecule has 0 aliphatic carbocycles. The molecule has 0 aliphatic heterocycles. The molecule has 0 spiro atoms. The van der Waals surface area contributed by atoms with Gasteiger partial charge in [-0.25, -0.2) is 0 Å². The maximum absolute atomic E-state index is 10.8. The average molecular weight is 329 g/mol. The second-order valence-electron chi connectivity index (χ2n) is 4.00. The van der Waals surface area contributed by atoms with Gasteiger partial charge in [-0.3, -0.25) is 10.1 Å². The Kier molecular flexibility index (Phi) is 4.28. The zero-order chi connectivity index (χ0) is 14.5. The van der Waals surface area contributed by atoms with Gasteiger partial charge in [0.2, 0.25) is 0 Å². The van der Waals surface area contributed by atoms with Crippen LogP contribution in [0.25, 0.3) is 11.6 Å². The Morgan fingerprint density at radius 1 is 1.25 bits per heavy atom. The largest absolute Gasteiger partial charge is 0.270 e. The van der Waals surface area contributed by atoms with Crippen molar-refractivity contribution in [2.45, 2.75) is 0 Å². The minimum absolute atomic E-state index is 0.0317. The SMILES string of the molecule is N#C/C(=C/c1ccccc1Br)c1cccc([N+](=O)[O-])c1. The second kappa shape index (κ2) is 6.13. The van der Waals surface area contributed by atoms with Gasteiger partial charge in [0.1, 0.15) is 0 Å². The van der Waals surface area contributed by atoms with Crippen LogP contribution < -0.4 is 0 Å². The van der Waals surface area contributed by atoms with Crippen molar-refractivity contribution in [3.8, 4) is 6.07 Å². The molecule has 0 atom stereocenters. The molecule has 2 aromatic carbocycles. The summed E-state index contributed by atoms with van der Waals surface area (Å²) in [5.41, 5.74) is 1.71. The summed E-state index contributed by atoms with van der Waals surface area (Å²) in [5.74, 6) is 0. The lowest BCUT2D eigenvalue weighted by Crippen LogP contribution is -1.89. The predicted octanol–water partition coefficient (Wildman–Crippen LogP) is 4.42. The maximum Gasteiger partial charge on any atom is 0.270 e. The third-order valence-corrected chi connectivity index (χ3v) is 3.42. The highest BCUT2D eigenvalue weighted by molar-refractivity contribution is 9.10. The maximum atomic E-state index is 10.8. The fourth-order valence-electron chi connectivity index (χ4n) is 1.71. The molecular weight excluding hydrogens is 320 g/mol. The predicted molar refractivity (Wildman–Crippen MR) is 80.7 cm³/mol. The zero-order valence-corrected chi connectivity index (χ0v) is 11.9. The van der Waals surface area contributed by atoms with Gasteiger partial charge in [0.15, 0.2) is 0 Å². The van der Waals surface area contributed by atoms with Crippen LogP contribution >= 0.6 is 15.9 Å². The van der Waals surface area contributed by atoms with E-state index in [2.05, 4.69) is 22.0 Å². The number of benzene rings is 2. The van der Waals surface area contributed by atoms with E-state index in [4.69, 9.17) is 0 Å². The highest BCUT2D eigenvalue weighted by Crippen LogP contribution is 2.25. The Labute approximate surface area is 124 Å². The van der Waals surface area contributed by atoms with Gasteiger partial charge in [0, 0.05) is 16.6 Å². The molecule has 0 N–H and O–H groups in total. The molecule has 0 bridgehead atoms. The van der Waals surface area contributed by atoms with Gasteiger partial charge in [-0.1, -0.05) is 46.3 Å². The van der Waals surface area contributed by atoms with Crippen molar-refractivity contribution in [2.75, 3.05) is 0 Å². The van der Waals surface area contributed by atoms with Crippen LogP contribution in [0.2, 0.25) is 0 Å². The summed E-state index contributed by atoms with van der Waals surface area (Å²) in [6.07, 6.45) is 1.70. The average Bonchev–Trinajstić information content (AvgIpc) is 2.46. The first-order valence-electron chi connectivity index (χ1n) is 5.73. The van der Waals surface area contributed by atoms with Crippen LogP contribution in [-0.4, -0.2) is 4.92 Å². The molecule has 0 radical (unpaired) electrons. The van der Waals surface area contributed by atoms with E-state index in [1.807, 2.05) is 24.3 Å². The number of nitro groups is 1. The van der Waals surface area contributed by atoms with Crippen LogP contribution in [0, 0.1) is 21.4 Å². The molecule has 98 valence electrons. The highest BCUT2D eigenvalue weighted by Gasteiger charge is 2.09. The quantitative estimate of drug-likeness (QED) is 0.362. The van der Waals surface area contributed by atoms with Crippen LogP contribution in [0.5, 0.6) is 0 Å². The van der Waals surface area contributed by atoms with Gasteiger partial charge in [-0.05, 0) is 23.3 Å². The van der Waals surface area contributed by atoms with Crippen LogP contribution in [0.3, 0.4) is 0 Å². The molecule has 0 amide bonds. The number of allylic oxidation sites excluding steroid dienone is 1. The Bertz CT molecular complexity index is 733. The number of hydrogen-bond donors (Lipinski definition) is 0. The number of nitriles is 1. The summed E-state index contributed by atoms with van der Waals surface area (Å²) in [4.78, 5) is 10.3. The Morgan fingerprint density at radius 3 is 2.65 bits per heavy atom. The molecule has 5 heteroatoms. The molecule has 0 unspecified atom stereocenters. The van der Waals surface area contributed by atoms with E-state index in [1.165, 1.54) is 12.1 Å². The third-order valence-electron chi connectivity index (χ3n) is 2.69. The van der Waals surface area contributed by atoms with Gasteiger partial charge in [0.25, 0.3) is 5.69 Å². The van der Waals surface area contributed by atoms with Crippen molar-refractivity contribution < 1.29 is 4.92 Å². The van der Waals surface area contributed by atoms with E-state index in [0.717, 1.165) is 10.0 Å². The van der Waals surface area contributed by atoms with E-state index in [0.29, 0.717) is 11.1 Å². The smallest absolute Gasteiger partial charge is 0.258 e. The number of rotatable bonds is 3. The number of halogens is 1. The highest BCUT2D eigenvalue weighted by atomic mass is 79.9. The summed E-state index contributed by atoms with van der Waals surface area (Å²) < 4.78 is 0.859. The molecular formula is C15H9BrN2O2. The summed E-state index contributed by atoms with van der Waals surface area (Å²) >= 11 is 3.40. The Hall–Kier alpha value is -2.45. The molecule has 4 nitrogen and oxygen atoms in total. The Morgan fingerprint density at radius 2 is 2.00 bits per heavy atom. The lowest BCUT2D eigenvalue weighted by molar-refractivity contribution is -0.384. The van der Waals surface area contributed by atoms with Gasteiger partial charge in [-0.2, -0.15) is 5.26 Å². The molecule has 2 rings (SSSR count). The van der Waals surface area contributed by atoms with Crippen molar-refractivity contribution in [3.63, 3.8) is 0 Å². The number of nitro benzene ring substituents is 1. The van der Waals surface area contributed by atoms with E-state index < -0.39 is 4.92 Å². The molecule has 0 saturated carbocycles. The number of hydrogen-bond acceptors (Lipinski definition) is 3. The van der Waals surface area contributed by atoms with Crippen molar-refractivity contribution in [1.29, 1.82) is 5.26 Å². The van der Waals surface area contributed by atoms with Crippen molar-refractivity contribution in [1.82, 2.24) is 0 Å². The number of nitrogens with zero attached hydrogens (tertiary/aromatic N) is 2. The van der Waals surface area contributed by atoms with E-state index >= 15 is 0 Å². The van der Waals surface area contributed by atoms with Gasteiger partial charge >= 0.3 is 0 Å². The molecule has 0 aliphatic rings. The summed E-state index contributed by atoms with van der Waals surface area (Å²) in [5, 5.41) is 20.0. The van der Waals surface area contributed by atoms with Gasteiger partial charge in [0.05, 0.1) is 16.6 Å². The molecule has 0 aromatic heterocycles. The van der Waals surface area contributed by atoms with E-state index in [9.17, 15) is 15.4 Å². The minimum Gasteiger partial charge on any atom is -0.258 e. The molecule has 2 aromatic rings. The fourth-order valence-corrected chi connectivity index (χ4v) is 2.11. The molecule has 0 heterocycles. The third kappa shape index (κ3) is 3.11. The standard InChI is InChI=1S/C15H9BrN2O2/c16-15-7-2-1-4-12(15)8-13(10-17)11-5-3-6-14(9-11)18(19)20/h1-9H/b13-8-. The summed E-state index contributed by atoms with van der Waals surface area (Å²) in [6, 6.07) is 15.6. The Balaban J connectivity index is 2.49. The van der Waals surface area contributed by atoms with Crippen LogP contribution in [0.1, 0.15) is 11.1 Å². The summed E-state index contributed by atoms with van der Waals surface area (Å²) in [7, 11) is 0. The van der Waals surface area contributed by atoms with Crippen LogP contribution in [0.4, 0.5) is 5.69 Å². The van der Waals surface area contributed by atoms with E-state index in [-0.39, 0.29) is 5.69 Å². The van der Waals surface area contributed by atoms with Crippen molar-refractivity contribution in [2.24, 2.45) is 0 Å². The fraction of sp³-hybridized carbons (Fsp3) is 0. The first-order valence-corrected chi connectivity index (χ1v) is 6.52. The lowest BCUT2D eigenvalue weighted by Gasteiger charge is -2.01. The van der Waals surface area contributed by atoms with Gasteiger partial charge < -0.3 is 0 Å². The lowest BCUT2D eigenvalue weighted by atomic mass is 10.0. The second-order valence-corrected chi connectivity index (χ2v) is 4.85. The molecule has 20 heavy (non-hydrogen) atoms.